The van der Waals surface area contributed by atoms with Gasteiger partial charge in [-0.3, -0.25) is 9.59 Å². The van der Waals surface area contributed by atoms with E-state index >= 15 is 0 Å². The molecule has 128 valence electrons. The molecule has 2 amide bonds. The van der Waals surface area contributed by atoms with E-state index in [1.54, 1.807) is 22.7 Å². The molecule has 0 aromatic heterocycles. The van der Waals surface area contributed by atoms with E-state index in [0.29, 0.717) is 17.7 Å². The van der Waals surface area contributed by atoms with Crippen LogP contribution >= 0.6 is 11.8 Å². The molecular weight excluding hydrogens is 328 g/mol. The van der Waals surface area contributed by atoms with Crippen LogP contribution in [0.5, 0.6) is 0 Å². The number of hydrogen-bond donors (Lipinski definition) is 2. The molecule has 0 radical (unpaired) electrons. The summed E-state index contributed by atoms with van der Waals surface area (Å²) in [7, 11) is 0. The minimum atomic E-state index is -1.05. The van der Waals surface area contributed by atoms with Crippen LogP contribution in [0.1, 0.15) is 41.6 Å². The predicted octanol–water partition coefficient (Wildman–Crippen LogP) is 1.87. The fourth-order valence-electron chi connectivity index (χ4n) is 3.20. The molecule has 1 aromatic carbocycles. The van der Waals surface area contributed by atoms with Crippen LogP contribution in [-0.2, 0) is 9.59 Å². The molecular formula is C17H20N2O4S. The quantitative estimate of drug-likeness (QED) is 0.848. The summed E-state index contributed by atoms with van der Waals surface area (Å²) in [6.45, 7) is 3.81. The van der Waals surface area contributed by atoms with E-state index in [0.717, 1.165) is 5.56 Å². The van der Waals surface area contributed by atoms with Crippen LogP contribution < -0.4 is 5.32 Å². The standard InChI is InChI=1S/C17H20N2O4S/c1-9(2)7-12(17(22)23)18-14(20)13-8-24-16-11-6-4-3-5-10(11)15(21)19(13)16/h3-6,9,12-13,16H,7-8H2,1-2H3,(H,18,20)(H,22,23)/t12-,13+,16-/m0/s1. The predicted molar refractivity (Wildman–Crippen MR) is 90.6 cm³/mol. The van der Waals surface area contributed by atoms with Gasteiger partial charge in [-0.1, -0.05) is 32.0 Å². The van der Waals surface area contributed by atoms with E-state index in [2.05, 4.69) is 5.32 Å². The van der Waals surface area contributed by atoms with E-state index in [1.165, 1.54) is 0 Å². The molecule has 3 rings (SSSR count). The Kier molecular flexibility index (Phi) is 4.54. The molecule has 1 fully saturated rings. The molecule has 2 aliphatic heterocycles. The second kappa shape index (κ2) is 6.47. The number of amides is 2. The number of rotatable bonds is 5. The number of thioether (sulfide) groups is 1. The highest BCUT2D eigenvalue weighted by Crippen LogP contribution is 2.48. The number of carboxylic acid groups (broad SMARTS) is 1. The van der Waals surface area contributed by atoms with Crippen molar-refractivity contribution in [3.63, 3.8) is 0 Å². The molecule has 1 saturated heterocycles. The molecule has 1 aromatic rings. The summed E-state index contributed by atoms with van der Waals surface area (Å²) in [6, 6.07) is 5.80. The van der Waals surface area contributed by atoms with E-state index < -0.39 is 18.1 Å². The Balaban J connectivity index is 1.76. The molecule has 0 spiro atoms. The fraction of sp³-hybridized carbons (Fsp3) is 0.471. The Bertz CT molecular complexity index is 691. The molecule has 0 unspecified atom stereocenters. The number of nitrogens with zero attached hydrogens (tertiary/aromatic N) is 1. The first-order chi connectivity index (χ1) is 11.4. The lowest BCUT2D eigenvalue weighted by Crippen LogP contribution is -2.51. The summed E-state index contributed by atoms with van der Waals surface area (Å²) >= 11 is 1.54. The van der Waals surface area contributed by atoms with Gasteiger partial charge in [-0.15, -0.1) is 11.8 Å². The van der Waals surface area contributed by atoms with Gasteiger partial charge in [0, 0.05) is 11.3 Å². The minimum absolute atomic E-state index is 0.148. The molecule has 0 saturated carbocycles. The molecule has 7 heteroatoms. The van der Waals surface area contributed by atoms with Crippen molar-refractivity contribution >= 4 is 29.5 Å². The third-order valence-electron chi connectivity index (χ3n) is 4.32. The summed E-state index contributed by atoms with van der Waals surface area (Å²) in [6.07, 6.45) is 0.360. The molecule has 0 bridgehead atoms. The Labute approximate surface area is 144 Å². The van der Waals surface area contributed by atoms with Gasteiger partial charge in [0.15, 0.2) is 0 Å². The van der Waals surface area contributed by atoms with E-state index in [-0.39, 0.29) is 23.1 Å². The molecule has 6 nitrogen and oxygen atoms in total. The average molecular weight is 348 g/mol. The van der Waals surface area contributed by atoms with Crippen molar-refractivity contribution in [1.82, 2.24) is 10.2 Å². The van der Waals surface area contributed by atoms with E-state index in [1.807, 2.05) is 32.0 Å². The number of benzene rings is 1. The molecule has 0 aliphatic carbocycles. The zero-order valence-electron chi connectivity index (χ0n) is 13.6. The van der Waals surface area contributed by atoms with Crippen LogP contribution in [0.2, 0.25) is 0 Å². The van der Waals surface area contributed by atoms with E-state index in [4.69, 9.17) is 0 Å². The highest BCUT2D eigenvalue weighted by Gasteiger charge is 2.48. The summed E-state index contributed by atoms with van der Waals surface area (Å²) < 4.78 is 0. The van der Waals surface area contributed by atoms with Gasteiger partial charge in [0.2, 0.25) is 5.91 Å². The molecule has 24 heavy (non-hydrogen) atoms. The fourth-order valence-corrected chi connectivity index (χ4v) is 4.67. The highest BCUT2D eigenvalue weighted by atomic mass is 32.2. The largest absolute Gasteiger partial charge is 0.480 e. The van der Waals surface area contributed by atoms with Gasteiger partial charge in [0.1, 0.15) is 17.5 Å². The monoisotopic (exact) mass is 348 g/mol. The molecule has 2 N–H and O–H groups in total. The number of carboxylic acids is 1. The summed E-state index contributed by atoms with van der Waals surface area (Å²) in [5, 5.41) is 11.7. The third kappa shape index (κ3) is 2.88. The summed E-state index contributed by atoms with van der Waals surface area (Å²) in [5.74, 6) is -0.967. The number of hydrogen-bond acceptors (Lipinski definition) is 4. The third-order valence-corrected chi connectivity index (χ3v) is 5.62. The van der Waals surface area contributed by atoms with Crippen LogP contribution in [-0.4, -0.2) is 45.6 Å². The van der Waals surface area contributed by atoms with Gasteiger partial charge in [-0.25, -0.2) is 4.79 Å². The van der Waals surface area contributed by atoms with Gasteiger partial charge in [-0.2, -0.15) is 0 Å². The smallest absolute Gasteiger partial charge is 0.326 e. The van der Waals surface area contributed by atoms with Gasteiger partial charge in [-0.05, 0) is 24.0 Å². The first-order valence-corrected chi connectivity index (χ1v) is 9.01. The second-order valence-electron chi connectivity index (χ2n) is 6.53. The van der Waals surface area contributed by atoms with Crippen LogP contribution in [0.3, 0.4) is 0 Å². The van der Waals surface area contributed by atoms with Gasteiger partial charge < -0.3 is 15.3 Å². The number of fused-ring (bicyclic) bond motifs is 3. The van der Waals surface area contributed by atoms with Crippen LogP contribution in [0.4, 0.5) is 0 Å². The van der Waals surface area contributed by atoms with E-state index in [9.17, 15) is 19.5 Å². The van der Waals surface area contributed by atoms with Gasteiger partial charge in [0.05, 0.1) is 0 Å². The maximum Gasteiger partial charge on any atom is 0.326 e. The number of carbonyl (C=O) groups excluding carboxylic acids is 2. The first kappa shape index (κ1) is 16.8. The summed E-state index contributed by atoms with van der Waals surface area (Å²) in [4.78, 5) is 38.1. The first-order valence-electron chi connectivity index (χ1n) is 7.96. The minimum Gasteiger partial charge on any atom is -0.480 e. The van der Waals surface area contributed by atoms with Crippen LogP contribution in [0.15, 0.2) is 24.3 Å². The zero-order valence-corrected chi connectivity index (χ0v) is 14.4. The van der Waals surface area contributed by atoms with Gasteiger partial charge >= 0.3 is 5.97 Å². The lowest BCUT2D eigenvalue weighted by atomic mass is 10.0. The lowest BCUT2D eigenvalue weighted by Gasteiger charge is -2.25. The zero-order chi connectivity index (χ0) is 17.4. The van der Waals surface area contributed by atoms with Gasteiger partial charge in [0.25, 0.3) is 5.91 Å². The van der Waals surface area contributed by atoms with Crippen molar-refractivity contribution in [1.29, 1.82) is 0 Å². The van der Waals surface area contributed by atoms with Crippen LogP contribution in [0.25, 0.3) is 0 Å². The number of aliphatic carboxylic acids is 1. The highest BCUT2D eigenvalue weighted by molar-refractivity contribution is 7.99. The topological polar surface area (TPSA) is 86.7 Å². The number of carbonyl (C=O) groups is 3. The van der Waals surface area contributed by atoms with Crippen molar-refractivity contribution < 1.29 is 19.5 Å². The Morgan fingerprint density at radius 2 is 2.08 bits per heavy atom. The Hall–Kier alpha value is -2.02. The SMILES string of the molecule is CC(C)C[C@H](NC(=O)[C@H]1CS[C@H]2c3ccccc3C(=O)N12)C(=O)O. The van der Waals surface area contributed by atoms with Crippen molar-refractivity contribution in [3.05, 3.63) is 35.4 Å². The van der Waals surface area contributed by atoms with Crippen molar-refractivity contribution in [2.45, 2.75) is 37.7 Å². The Morgan fingerprint density at radius 1 is 1.38 bits per heavy atom. The van der Waals surface area contributed by atoms with Crippen LogP contribution in [0, 0.1) is 5.92 Å². The normalized spacial score (nSPS) is 23.1. The van der Waals surface area contributed by atoms with Crippen molar-refractivity contribution in [2.24, 2.45) is 5.92 Å². The van der Waals surface area contributed by atoms with Crippen molar-refractivity contribution in [3.8, 4) is 0 Å². The maximum absolute atomic E-state index is 12.6. The maximum atomic E-state index is 12.6. The second-order valence-corrected chi connectivity index (χ2v) is 7.64. The summed E-state index contributed by atoms with van der Waals surface area (Å²) in [5.41, 5.74) is 1.56. The molecule has 2 heterocycles. The van der Waals surface area contributed by atoms with Crippen molar-refractivity contribution in [2.75, 3.05) is 5.75 Å². The number of nitrogens with one attached hydrogen (secondary N) is 1. The molecule has 2 aliphatic rings. The Morgan fingerprint density at radius 3 is 2.75 bits per heavy atom. The lowest BCUT2D eigenvalue weighted by molar-refractivity contribution is -0.142. The molecule has 3 atom stereocenters. The average Bonchev–Trinajstić information content (AvgIpc) is 3.07.